The van der Waals surface area contributed by atoms with E-state index >= 15 is 0 Å². The number of nitrogens with zero attached hydrogens (tertiary/aromatic N) is 1. The van der Waals surface area contributed by atoms with Crippen LogP contribution in [0.15, 0.2) is 56.5 Å². The largest absolute Gasteiger partial charge is 0.506 e. The van der Waals surface area contributed by atoms with Gasteiger partial charge in [0.1, 0.15) is 21.7 Å². The summed E-state index contributed by atoms with van der Waals surface area (Å²) in [6.45, 7) is 0. The number of amides is 1. The molecule has 138 valence electrons. The second-order valence-corrected chi connectivity index (χ2v) is 7.23. The fourth-order valence-corrected chi connectivity index (χ4v) is 3.59. The molecule has 0 radical (unpaired) electrons. The normalized spacial score (nSPS) is 11.1. The van der Waals surface area contributed by atoms with Gasteiger partial charge in [0.15, 0.2) is 0 Å². The topological polar surface area (TPSA) is 91.2 Å². The van der Waals surface area contributed by atoms with E-state index in [4.69, 9.17) is 4.74 Å². The van der Waals surface area contributed by atoms with Crippen molar-refractivity contribution >= 4 is 54.8 Å². The third-order valence-corrected chi connectivity index (χ3v) is 5.23. The molecule has 8 heteroatoms. The number of hydrazone groups is 1. The minimum absolute atomic E-state index is 0.124. The van der Waals surface area contributed by atoms with Crippen LogP contribution in [0.1, 0.15) is 15.9 Å². The van der Waals surface area contributed by atoms with Crippen LogP contribution in [0.5, 0.6) is 17.2 Å². The highest BCUT2D eigenvalue weighted by Gasteiger charge is 2.13. The van der Waals surface area contributed by atoms with Crippen LogP contribution in [0, 0.1) is 0 Å². The summed E-state index contributed by atoms with van der Waals surface area (Å²) in [5, 5.41) is 25.4. The lowest BCUT2D eigenvalue weighted by atomic mass is 10.1. The van der Waals surface area contributed by atoms with Crippen LogP contribution in [-0.4, -0.2) is 29.4 Å². The van der Waals surface area contributed by atoms with Crippen LogP contribution in [0.3, 0.4) is 0 Å². The molecule has 0 aromatic heterocycles. The second-order valence-electron chi connectivity index (χ2n) is 5.59. The second kappa shape index (κ2) is 7.98. The highest BCUT2D eigenvalue weighted by molar-refractivity contribution is 9.11. The molecule has 0 atom stereocenters. The predicted octanol–water partition coefficient (Wildman–Crippen LogP) is 4.55. The van der Waals surface area contributed by atoms with Gasteiger partial charge in [-0.15, -0.1) is 0 Å². The molecule has 1 amide bonds. The molecule has 3 N–H and O–H groups in total. The lowest BCUT2D eigenvalue weighted by Gasteiger charge is -2.07. The Hall–Kier alpha value is -2.58. The van der Waals surface area contributed by atoms with Crippen LogP contribution >= 0.6 is 31.9 Å². The average molecular weight is 494 g/mol. The van der Waals surface area contributed by atoms with Crippen molar-refractivity contribution in [3.63, 3.8) is 0 Å². The number of fused-ring (bicyclic) bond motifs is 1. The summed E-state index contributed by atoms with van der Waals surface area (Å²) in [7, 11) is 1.60. The van der Waals surface area contributed by atoms with E-state index in [2.05, 4.69) is 42.4 Å². The zero-order chi connectivity index (χ0) is 19.6. The Kier molecular flexibility index (Phi) is 5.67. The van der Waals surface area contributed by atoms with Crippen LogP contribution < -0.4 is 10.2 Å². The lowest BCUT2D eigenvalue weighted by Crippen LogP contribution is -2.17. The van der Waals surface area contributed by atoms with Crippen LogP contribution in [0.25, 0.3) is 10.8 Å². The molecule has 0 unspecified atom stereocenters. The minimum Gasteiger partial charge on any atom is -0.506 e. The molecule has 0 heterocycles. The van der Waals surface area contributed by atoms with Gasteiger partial charge in [0.05, 0.1) is 17.8 Å². The standard InChI is InChI=1S/C19H14Br2N2O4/c1-27-14-5-4-10-6-12(3-2-11(10)7-14)19(26)23-22-9-13-8-15(20)18(25)16(21)17(13)24/h2-9,24-25H,1H3,(H,23,26)/b22-9+. The number of carbonyl (C=O) groups excluding carboxylic acids is 1. The summed E-state index contributed by atoms with van der Waals surface area (Å²) in [5.74, 6) is 0.0468. The number of halogens is 2. The van der Waals surface area contributed by atoms with Crippen molar-refractivity contribution in [2.75, 3.05) is 7.11 Å². The summed E-state index contributed by atoms with van der Waals surface area (Å²) in [4.78, 5) is 12.3. The van der Waals surface area contributed by atoms with Crippen molar-refractivity contribution < 1.29 is 19.7 Å². The lowest BCUT2D eigenvalue weighted by molar-refractivity contribution is 0.0955. The zero-order valence-corrected chi connectivity index (χ0v) is 17.2. The molecular weight excluding hydrogens is 480 g/mol. The summed E-state index contributed by atoms with van der Waals surface area (Å²) >= 11 is 6.26. The Labute approximate surface area is 171 Å². The molecule has 0 aliphatic carbocycles. The third-order valence-electron chi connectivity index (χ3n) is 3.88. The molecule has 0 aliphatic rings. The fourth-order valence-electron chi connectivity index (χ4n) is 2.43. The van der Waals surface area contributed by atoms with Gasteiger partial charge in [-0.1, -0.05) is 12.1 Å². The molecule has 0 bridgehead atoms. The molecular formula is C19H14Br2N2O4. The smallest absolute Gasteiger partial charge is 0.271 e. The maximum Gasteiger partial charge on any atom is 0.271 e. The fraction of sp³-hybridized carbons (Fsp3) is 0.0526. The quantitative estimate of drug-likeness (QED) is 0.367. The average Bonchev–Trinajstić information content (AvgIpc) is 2.69. The van der Waals surface area contributed by atoms with Crippen LogP contribution in [0.2, 0.25) is 0 Å². The highest BCUT2D eigenvalue weighted by Crippen LogP contribution is 2.40. The Balaban J connectivity index is 1.78. The molecule has 0 spiro atoms. The van der Waals surface area contributed by atoms with Gasteiger partial charge in [0.25, 0.3) is 5.91 Å². The van der Waals surface area contributed by atoms with Crippen molar-refractivity contribution in [3.8, 4) is 17.2 Å². The first-order chi connectivity index (χ1) is 12.9. The predicted molar refractivity (Wildman–Crippen MR) is 111 cm³/mol. The maximum absolute atomic E-state index is 12.3. The first-order valence-electron chi connectivity index (χ1n) is 7.72. The Morgan fingerprint density at radius 1 is 1.07 bits per heavy atom. The van der Waals surface area contributed by atoms with Crippen molar-refractivity contribution in [3.05, 3.63) is 62.5 Å². The van der Waals surface area contributed by atoms with Crippen LogP contribution in [-0.2, 0) is 0 Å². The molecule has 3 rings (SSSR count). The number of hydrogen-bond acceptors (Lipinski definition) is 5. The van der Waals surface area contributed by atoms with E-state index in [1.807, 2.05) is 24.3 Å². The van der Waals surface area contributed by atoms with Crippen molar-refractivity contribution in [1.82, 2.24) is 5.43 Å². The molecule has 3 aromatic rings. The number of carbonyl (C=O) groups is 1. The number of phenols is 2. The number of nitrogens with one attached hydrogen (secondary N) is 1. The maximum atomic E-state index is 12.3. The van der Waals surface area contributed by atoms with Gasteiger partial charge >= 0.3 is 0 Å². The molecule has 6 nitrogen and oxygen atoms in total. The van der Waals surface area contributed by atoms with E-state index in [0.29, 0.717) is 15.6 Å². The summed E-state index contributed by atoms with van der Waals surface area (Å²) in [6, 6.07) is 12.3. The van der Waals surface area contributed by atoms with E-state index in [9.17, 15) is 15.0 Å². The number of phenolic OH excluding ortho intramolecular Hbond substituents is 2. The number of hydrogen-bond donors (Lipinski definition) is 3. The first kappa shape index (κ1) is 19.2. The van der Waals surface area contributed by atoms with Gasteiger partial charge in [0, 0.05) is 11.1 Å². The number of aromatic hydroxyl groups is 2. The van der Waals surface area contributed by atoms with Gasteiger partial charge < -0.3 is 14.9 Å². The summed E-state index contributed by atoms with van der Waals surface area (Å²) in [5.41, 5.74) is 3.18. The third kappa shape index (κ3) is 4.06. The SMILES string of the molecule is COc1ccc2cc(C(=O)N/N=C/c3cc(Br)c(O)c(Br)c3O)ccc2c1. The van der Waals surface area contributed by atoms with E-state index in [0.717, 1.165) is 16.5 Å². The number of benzene rings is 3. The zero-order valence-electron chi connectivity index (χ0n) is 14.0. The highest BCUT2D eigenvalue weighted by atomic mass is 79.9. The number of rotatable bonds is 4. The van der Waals surface area contributed by atoms with Crippen molar-refractivity contribution in [2.24, 2.45) is 5.10 Å². The molecule has 0 saturated heterocycles. The first-order valence-corrected chi connectivity index (χ1v) is 9.30. The van der Waals surface area contributed by atoms with Gasteiger partial charge in [-0.3, -0.25) is 4.79 Å². The van der Waals surface area contributed by atoms with Crippen molar-refractivity contribution in [2.45, 2.75) is 0 Å². The molecule has 0 saturated carbocycles. The van der Waals surface area contributed by atoms with Gasteiger partial charge in [-0.2, -0.15) is 5.10 Å². The van der Waals surface area contributed by atoms with Gasteiger partial charge in [-0.05, 0) is 73.0 Å². The van der Waals surface area contributed by atoms with Crippen LogP contribution in [0.4, 0.5) is 0 Å². The monoisotopic (exact) mass is 492 g/mol. The van der Waals surface area contributed by atoms with E-state index in [1.54, 1.807) is 19.2 Å². The Bertz CT molecular complexity index is 1070. The molecule has 27 heavy (non-hydrogen) atoms. The Morgan fingerprint density at radius 3 is 2.52 bits per heavy atom. The molecule has 0 fully saturated rings. The molecule has 0 aliphatic heterocycles. The summed E-state index contributed by atoms with van der Waals surface area (Å²) in [6.07, 6.45) is 1.29. The van der Waals surface area contributed by atoms with E-state index in [1.165, 1.54) is 12.3 Å². The van der Waals surface area contributed by atoms with Gasteiger partial charge in [0.2, 0.25) is 0 Å². The van der Waals surface area contributed by atoms with E-state index in [-0.39, 0.29) is 21.9 Å². The minimum atomic E-state index is -0.389. The number of ether oxygens (including phenoxy) is 1. The molecule has 3 aromatic carbocycles. The Morgan fingerprint density at radius 2 is 1.78 bits per heavy atom. The van der Waals surface area contributed by atoms with Crippen molar-refractivity contribution in [1.29, 1.82) is 0 Å². The number of methoxy groups -OCH3 is 1. The summed E-state index contributed by atoms with van der Waals surface area (Å²) < 4.78 is 5.70. The van der Waals surface area contributed by atoms with E-state index < -0.39 is 0 Å². The van der Waals surface area contributed by atoms with Gasteiger partial charge in [-0.25, -0.2) is 5.43 Å².